The van der Waals surface area contributed by atoms with Crippen LogP contribution in [0.25, 0.3) is 0 Å². The standard InChI is InChI=1S/C10H18N2O2/c1-3-5-12(2)10(13)7-9-8-14-6-4-11-9/h3,9,11H,1,4-8H2,2H3. The molecule has 0 radical (unpaired) electrons. The van der Waals surface area contributed by atoms with Crippen LogP contribution in [0.2, 0.25) is 0 Å². The van der Waals surface area contributed by atoms with Crippen molar-refractivity contribution in [3.8, 4) is 0 Å². The summed E-state index contributed by atoms with van der Waals surface area (Å²) in [6.45, 7) is 6.41. The van der Waals surface area contributed by atoms with E-state index in [1.165, 1.54) is 0 Å². The summed E-state index contributed by atoms with van der Waals surface area (Å²) in [7, 11) is 1.79. The molecular weight excluding hydrogens is 180 g/mol. The van der Waals surface area contributed by atoms with Gasteiger partial charge in [-0.15, -0.1) is 6.58 Å². The van der Waals surface area contributed by atoms with Gasteiger partial charge in [0.15, 0.2) is 0 Å². The molecule has 1 saturated heterocycles. The second kappa shape index (κ2) is 5.78. The molecule has 4 nitrogen and oxygen atoms in total. The highest BCUT2D eigenvalue weighted by atomic mass is 16.5. The number of rotatable bonds is 4. The van der Waals surface area contributed by atoms with E-state index in [1.807, 2.05) is 0 Å². The molecule has 0 aromatic heterocycles. The summed E-state index contributed by atoms with van der Waals surface area (Å²) < 4.78 is 5.27. The molecule has 1 atom stereocenters. The van der Waals surface area contributed by atoms with Crippen molar-refractivity contribution >= 4 is 5.91 Å². The lowest BCUT2D eigenvalue weighted by molar-refractivity contribution is -0.130. The van der Waals surface area contributed by atoms with E-state index in [-0.39, 0.29) is 11.9 Å². The van der Waals surface area contributed by atoms with Crippen molar-refractivity contribution in [1.29, 1.82) is 0 Å². The highest BCUT2D eigenvalue weighted by Gasteiger charge is 2.18. The first-order valence-corrected chi connectivity index (χ1v) is 4.90. The Balaban J connectivity index is 2.27. The number of nitrogens with zero attached hydrogens (tertiary/aromatic N) is 1. The second-order valence-electron chi connectivity index (χ2n) is 3.49. The van der Waals surface area contributed by atoms with Gasteiger partial charge in [-0.3, -0.25) is 4.79 Å². The van der Waals surface area contributed by atoms with Gasteiger partial charge in [-0.25, -0.2) is 0 Å². The summed E-state index contributed by atoms with van der Waals surface area (Å²) in [4.78, 5) is 13.3. The highest BCUT2D eigenvalue weighted by molar-refractivity contribution is 5.76. The van der Waals surface area contributed by atoms with Crippen molar-refractivity contribution in [3.63, 3.8) is 0 Å². The van der Waals surface area contributed by atoms with Crippen LogP contribution in [-0.2, 0) is 9.53 Å². The maximum Gasteiger partial charge on any atom is 0.224 e. The Morgan fingerprint density at radius 2 is 2.57 bits per heavy atom. The van der Waals surface area contributed by atoms with Crippen LogP contribution >= 0.6 is 0 Å². The maximum absolute atomic E-state index is 11.6. The molecule has 4 heteroatoms. The predicted molar refractivity (Wildman–Crippen MR) is 55.1 cm³/mol. The number of nitrogens with one attached hydrogen (secondary N) is 1. The number of amides is 1. The number of morpholine rings is 1. The van der Waals surface area contributed by atoms with Gasteiger partial charge in [0.05, 0.1) is 13.2 Å². The van der Waals surface area contributed by atoms with Gasteiger partial charge in [0.1, 0.15) is 0 Å². The third-order valence-electron chi connectivity index (χ3n) is 2.25. The smallest absolute Gasteiger partial charge is 0.224 e. The fraction of sp³-hybridized carbons (Fsp3) is 0.700. The van der Waals surface area contributed by atoms with Crippen LogP contribution < -0.4 is 5.32 Å². The zero-order chi connectivity index (χ0) is 10.4. The second-order valence-corrected chi connectivity index (χ2v) is 3.49. The Kier molecular flexibility index (Phi) is 4.62. The van der Waals surface area contributed by atoms with Crippen molar-refractivity contribution in [2.24, 2.45) is 0 Å². The average Bonchev–Trinajstić information content (AvgIpc) is 2.19. The van der Waals surface area contributed by atoms with Crippen LogP contribution in [0.4, 0.5) is 0 Å². The fourth-order valence-corrected chi connectivity index (χ4v) is 1.41. The predicted octanol–water partition coefficient (Wildman–Crippen LogP) is 0.00930. The van der Waals surface area contributed by atoms with Crippen molar-refractivity contribution in [2.45, 2.75) is 12.5 Å². The Morgan fingerprint density at radius 3 is 3.14 bits per heavy atom. The Morgan fingerprint density at radius 1 is 1.79 bits per heavy atom. The average molecular weight is 198 g/mol. The number of ether oxygens (including phenoxy) is 1. The molecule has 1 heterocycles. The molecule has 0 spiro atoms. The van der Waals surface area contributed by atoms with Gasteiger partial charge in [-0.1, -0.05) is 6.08 Å². The first-order chi connectivity index (χ1) is 6.74. The summed E-state index contributed by atoms with van der Waals surface area (Å²) in [5.74, 6) is 0.132. The molecule has 1 aliphatic heterocycles. The SMILES string of the molecule is C=CCN(C)C(=O)CC1COCCN1. The van der Waals surface area contributed by atoms with Crippen molar-refractivity contribution in [1.82, 2.24) is 10.2 Å². The molecular formula is C10H18N2O2. The molecule has 0 aromatic rings. The van der Waals surface area contributed by atoms with E-state index in [1.54, 1.807) is 18.0 Å². The zero-order valence-corrected chi connectivity index (χ0v) is 8.66. The summed E-state index contributed by atoms with van der Waals surface area (Å²) in [6.07, 6.45) is 2.23. The minimum atomic E-state index is 0.132. The number of carbonyl (C=O) groups is 1. The lowest BCUT2D eigenvalue weighted by Gasteiger charge is -2.25. The van der Waals surface area contributed by atoms with Crippen LogP contribution in [0, 0.1) is 0 Å². The van der Waals surface area contributed by atoms with Crippen molar-refractivity contribution in [2.75, 3.05) is 33.4 Å². The van der Waals surface area contributed by atoms with Crippen LogP contribution in [0.3, 0.4) is 0 Å². The minimum absolute atomic E-state index is 0.132. The monoisotopic (exact) mass is 198 g/mol. The Hall–Kier alpha value is -0.870. The van der Waals surface area contributed by atoms with Gasteiger partial charge in [-0.2, -0.15) is 0 Å². The molecule has 1 rings (SSSR count). The van der Waals surface area contributed by atoms with Gasteiger partial charge in [0.2, 0.25) is 5.91 Å². The molecule has 0 saturated carbocycles. The first kappa shape index (κ1) is 11.2. The largest absolute Gasteiger partial charge is 0.378 e. The third kappa shape index (κ3) is 3.47. The zero-order valence-electron chi connectivity index (χ0n) is 8.66. The van der Waals surface area contributed by atoms with Crippen molar-refractivity contribution in [3.05, 3.63) is 12.7 Å². The molecule has 1 N–H and O–H groups in total. The summed E-state index contributed by atoms with van der Waals surface area (Å²) >= 11 is 0. The molecule has 0 aliphatic carbocycles. The van der Waals surface area contributed by atoms with E-state index in [0.717, 1.165) is 13.2 Å². The van der Waals surface area contributed by atoms with Gasteiger partial charge < -0.3 is 15.0 Å². The molecule has 1 unspecified atom stereocenters. The van der Waals surface area contributed by atoms with Gasteiger partial charge >= 0.3 is 0 Å². The van der Waals surface area contributed by atoms with E-state index in [2.05, 4.69) is 11.9 Å². The lowest BCUT2D eigenvalue weighted by Crippen LogP contribution is -2.44. The number of carbonyl (C=O) groups excluding carboxylic acids is 1. The molecule has 1 aliphatic rings. The molecule has 0 aromatic carbocycles. The van der Waals surface area contributed by atoms with Gasteiger partial charge in [0, 0.05) is 32.6 Å². The summed E-state index contributed by atoms with van der Waals surface area (Å²) in [6, 6.07) is 0.170. The van der Waals surface area contributed by atoms with Crippen LogP contribution in [0.5, 0.6) is 0 Å². The lowest BCUT2D eigenvalue weighted by atomic mass is 10.2. The first-order valence-electron chi connectivity index (χ1n) is 4.90. The quantitative estimate of drug-likeness (QED) is 0.647. The molecule has 80 valence electrons. The number of likely N-dealkylation sites (N-methyl/N-ethyl adjacent to an activating group) is 1. The van der Waals surface area contributed by atoms with E-state index in [9.17, 15) is 4.79 Å². The van der Waals surface area contributed by atoms with E-state index in [0.29, 0.717) is 19.6 Å². The van der Waals surface area contributed by atoms with Crippen molar-refractivity contribution < 1.29 is 9.53 Å². The van der Waals surface area contributed by atoms with Crippen LogP contribution in [-0.4, -0.2) is 50.2 Å². The summed E-state index contributed by atoms with van der Waals surface area (Å²) in [5.41, 5.74) is 0. The number of hydrogen-bond acceptors (Lipinski definition) is 3. The van der Waals surface area contributed by atoms with Crippen LogP contribution in [0.15, 0.2) is 12.7 Å². The third-order valence-corrected chi connectivity index (χ3v) is 2.25. The van der Waals surface area contributed by atoms with E-state index >= 15 is 0 Å². The highest BCUT2D eigenvalue weighted by Crippen LogP contribution is 2.01. The van der Waals surface area contributed by atoms with Gasteiger partial charge in [-0.05, 0) is 0 Å². The number of hydrogen-bond donors (Lipinski definition) is 1. The Labute approximate surface area is 84.9 Å². The van der Waals surface area contributed by atoms with E-state index in [4.69, 9.17) is 4.74 Å². The maximum atomic E-state index is 11.6. The fourth-order valence-electron chi connectivity index (χ4n) is 1.41. The van der Waals surface area contributed by atoms with Crippen LogP contribution in [0.1, 0.15) is 6.42 Å². The molecule has 0 bridgehead atoms. The summed E-state index contributed by atoms with van der Waals surface area (Å²) in [5, 5.41) is 3.25. The molecule has 1 fully saturated rings. The topological polar surface area (TPSA) is 41.6 Å². The molecule has 14 heavy (non-hydrogen) atoms. The molecule has 1 amide bonds. The minimum Gasteiger partial charge on any atom is -0.378 e. The normalized spacial score (nSPS) is 21.6. The van der Waals surface area contributed by atoms with Gasteiger partial charge in [0.25, 0.3) is 0 Å². The van der Waals surface area contributed by atoms with E-state index < -0.39 is 0 Å². The Bertz CT molecular complexity index is 200.